The Morgan fingerprint density at radius 2 is 1.28 bits per heavy atom. The Morgan fingerprint density at radius 1 is 0.769 bits per heavy atom. The summed E-state index contributed by atoms with van der Waals surface area (Å²) < 4.78 is 5.40. The molecule has 5 nitrogen and oxygen atoms in total. The number of unbranched alkanes of at least 4 members (excludes halogenated alkanes) is 2. The number of carbonyl (C=O) groups is 1. The maximum atomic E-state index is 11.6. The molecule has 3 aliphatic carbocycles. The summed E-state index contributed by atoms with van der Waals surface area (Å²) in [6, 6.07) is 0. The van der Waals surface area contributed by atoms with E-state index in [0.29, 0.717) is 19.1 Å². The van der Waals surface area contributed by atoms with E-state index in [-0.39, 0.29) is 11.5 Å². The Labute approximate surface area is 239 Å². The minimum absolute atomic E-state index is 0.000979. The van der Waals surface area contributed by atoms with Gasteiger partial charge in [-0.2, -0.15) is 4.89 Å². The quantitative estimate of drug-likeness (QED) is 0.0855. The fourth-order valence-corrected chi connectivity index (χ4v) is 8.01. The van der Waals surface area contributed by atoms with E-state index in [1.54, 1.807) is 7.11 Å². The zero-order chi connectivity index (χ0) is 27.9. The van der Waals surface area contributed by atoms with Crippen LogP contribution in [-0.2, 0) is 19.3 Å². The summed E-state index contributed by atoms with van der Waals surface area (Å²) in [6.45, 7) is 6.28. The standard InChI is InChI=1S/C34H60O5/c1-4-5-6-7-27-8-10-28(11-9-27)12-13-29-14-18-32(19-15-29)33-20-16-30(17-21-33)22-31(24-37-3)25-38-39-34(36)26(2)23-35/h27-33,35H,2,4-25H2,1,3H3. The summed E-state index contributed by atoms with van der Waals surface area (Å²) in [4.78, 5) is 21.6. The number of carbonyl (C=O) groups excluding carboxylic acids is 1. The normalized spacial score (nSPS) is 30.5. The highest BCUT2D eigenvalue weighted by atomic mass is 17.2. The largest absolute Gasteiger partial charge is 0.391 e. The first-order valence-corrected chi connectivity index (χ1v) is 16.6. The maximum absolute atomic E-state index is 11.6. The van der Waals surface area contributed by atoms with Gasteiger partial charge in [0.2, 0.25) is 0 Å². The van der Waals surface area contributed by atoms with Crippen LogP contribution in [0.25, 0.3) is 0 Å². The average molecular weight is 549 g/mol. The van der Waals surface area contributed by atoms with Crippen molar-refractivity contribution < 1.29 is 24.4 Å². The fourth-order valence-electron chi connectivity index (χ4n) is 8.01. The van der Waals surface area contributed by atoms with Crippen molar-refractivity contribution in [2.75, 3.05) is 26.9 Å². The lowest BCUT2D eigenvalue weighted by atomic mass is 9.67. The third-order valence-corrected chi connectivity index (χ3v) is 10.6. The average Bonchev–Trinajstić information content (AvgIpc) is 2.97. The number of aliphatic hydroxyl groups is 1. The molecule has 1 atom stereocenters. The maximum Gasteiger partial charge on any atom is 0.370 e. The molecule has 0 aliphatic heterocycles. The first-order chi connectivity index (χ1) is 19.0. The van der Waals surface area contributed by atoms with E-state index in [0.717, 1.165) is 36.0 Å². The van der Waals surface area contributed by atoms with E-state index >= 15 is 0 Å². The van der Waals surface area contributed by atoms with Crippen molar-refractivity contribution in [3.63, 3.8) is 0 Å². The van der Waals surface area contributed by atoms with E-state index in [1.165, 1.54) is 116 Å². The first kappa shape index (κ1) is 32.6. The molecule has 3 fully saturated rings. The van der Waals surface area contributed by atoms with Gasteiger partial charge in [-0.25, -0.2) is 4.79 Å². The lowest BCUT2D eigenvalue weighted by Gasteiger charge is -2.39. The second-order valence-electron chi connectivity index (χ2n) is 13.5. The van der Waals surface area contributed by atoms with Gasteiger partial charge in [-0.1, -0.05) is 103 Å². The monoisotopic (exact) mass is 548 g/mol. The highest BCUT2D eigenvalue weighted by Gasteiger charge is 2.32. The molecule has 0 aromatic carbocycles. The summed E-state index contributed by atoms with van der Waals surface area (Å²) in [5, 5.41) is 8.97. The van der Waals surface area contributed by atoms with Crippen molar-refractivity contribution in [1.82, 2.24) is 0 Å². The van der Waals surface area contributed by atoms with E-state index in [1.807, 2.05) is 0 Å². The number of hydrogen-bond donors (Lipinski definition) is 1. The molecule has 226 valence electrons. The van der Waals surface area contributed by atoms with Crippen molar-refractivity contribution in [3.8, 4) is 0 Å². The predicted octanol–water partition coefficient (Wildman–Crippen LogP) is 8.44. The molecule has 0 heterocycles. The molecule has 0 saturated heterocycles. The van der Waals surface area contributed by atoms with Crippen LogP contribution >= 0.6 is 0 Å². The summed E-state index contributed by atoms with van der Waals surface area (Å²) in [5.74, 6) is 5.15. The van der Waals surface area contributed by atoms with Crippen LogP contribution in [0.15, 0.2) is 12.2 Å². The molecule has 1 N–H and O–H groups in total. The van der Waals surface area contributed by atoms with Crippen LogP contribution in [0.2, 0.25) is 0 Å². The smallest absolute Gasteiger partial charge is 0.370 e. The number of aliphatic hydroxyl groups excluding tert-OH is 1. The zero-order valence-corrected chi connectivity index (χ0v) is 25.4. The van der Waals surface area contributed by atoms with Crippen LogP contribution in [0.1, 0.15) is 129 Å². The predicted molar refractivity (Wildman–Crippen MR) is 158 cm³/mol. The molecular weight excluding hydrogens is 488 g/mol. The van der Waals surface area contributed by atoms with Crippen molar-refractivity contribution in [2.24, 2.45) is 41.4 Å². The van der Waals surface area contributed by atoms with E-state index in [2.05, 4.69) is 13.5 Å². The minimum atomic E-state index is -0.704. The molecule has 0 aromatic heterocycles. The number of ether oxygens (including phenoxy) is 1. The molecule has 39 heavy (non-hydrogen) atoms. The molecule has 1 unspecified atom stereocenters. The van der Waals surface area contributed by atoms with Crippen LogP contribution < -0.4 is 0 Å². The summed E-state index contributed by atoms with van der Waals surface area (Å²) in [7, 11) is 1.71. The molecule has 0 radical (unpaired) electrons. The Balaban J connectivity index is 1.26. The van der Waals surface area contributed by atoms with Crippen LogP contribution in [0, 0.1) is 41.4 Å². The van der Waals surface area contributed by atoms with Gasteiger partial charge in [-0.05, 0) is 67.6 Å². The lowest BCUT2D eigenvalue weighted by Crippen LogP contribution is -2.28. The van der Waals surface area contributed by atoms with Gasteiger partial charge in [0.15, 0.2) is 0 Å². The van der Waals surface area contributed by atoms with Crippen molar-refractivity contribution in [3.05, 3.63) is 12.2 Å². The number of methoxy groups -OCH3 is 1. The van der Waals surface area contributed by atoms with Crippen LogP contribution in [0.5, 0.6) is 0 Å². The SMILES string of the molecule is C=C(CO)C(=O)OOCC(COC)CC1CCC(C2CCC(CCC3CCC(CCCCC)CC3)CC2)CC1. The minimum Gasteiger partial charge on any atom is -0.391 e. The molecule has 3 rings (SSSR count). The van der Waals surface area contributed by atoms with Gasteiger partial charge in [0, 0.05) is 13.0 Å². The Hall–Kier alpha value is -0.910. The van der Waals surface area contributed by atoms with E-state index in [4.69, 9.17) is 19.6 Å². The number of rotatable bonds is 17. The van der Waals surface area contributed by atoms with Crippen molar-refractivity contribution in [2.45, 2.75) is 129 Å². The molecular formula is C34H60O5. The third-order valence-electron chi connectivity index (χ3n) is 10.6. The number of hydrogen-bond acceptors (Lipinski definition) is 5. The molecule has 0 aromatic rings. The highest BCUT2D eigenvalue weighted by Crippen LogP contribution is 2.44. The van der Waals surface area contributed by atoms with E-state index in [9.17, 15) is 4.79 Å². The first-order valence-electron chi connectivity index (χ1n) is 16.6. The molecule has 0 spiro atoms. The fraction of sp³-hybridized carbons (Fsp3) is 0.912. The van der Waals surface area contributed by atoms with Gasteiger partial charge in [0.25, 0.3) is 0 Å². The van der Waals surface area contributed by atoms with Crippen LogP contribution in [-0.4, -0.2) is 38.0 Å². The van der Waals surface area contributed by atoms with Crippen molar-refractivity contribution in [1.29, 1.82) is 0 Å². The third kappa shape index (κ3) is 11.8. The molecule has 0 bridgehead atoms. The van der Waals surface area contributed by atoms with Gasteiger partial charge in [0.05, 0.1) is 25.4 Å². The van der Waals surface area contributed by atoms with E-state index < -0.39 is 12.6 Å². The van der Waals surface area contributed by atoms with Gasteiger partial charge in [-0.15, -0.1) is 0 Å². The van der Waals surface area contributed by atoms with Crippen LogP contribution in [0.3, 0.4) is 0 Å². The summed E-state index contributed by atoms with van der Waals surface area (Å²) in [5.41, 5.74) is 0.000979. The van der Waals surface area contributed by atoms with Gasteiger partial charge in [0.1, 0.15) is 0 Å². The second-order valence-corrected chi connectivity index (χ2v) is 13.5. The van der Waals surface area contributed by atoms with Gasteiger partial charge >= 0.3 is 5.97 Å². The summed E-state index contributed by atoms with van der Waals surface area (Å²) >= 11 is 0. The summed E-state index contributed by atoms with van der Waals surface area (Å²) in [6.07, 6.45) is 27.1. The Bertz CT molecular complexity index is 669. The molecule has 3 saturated carbocycles. The Morgan fingerprint density at radius 3 is 1.79 bits per heavy atom. The van der Waals surface area contributed by atoms with Gasteiger partial charge in [-0.3, -0.25) is 4.89 Å². The topological polar surface area (TPSA) is 65.0 Å². The highest BCUT2D eigenvalue weighted by molar-refractivity contribution is 5.87. The zero-order valence-electron chi connectivity index (χ0n) is 25.4. The van der Waals surface area contributed by atoms with Crippen molar-refractivity contribution >= 4 is 5.97 Å². The molecule has 3 aliphatic rings. The Kier molecular flexibility index (Phi) is 15.5. The second kappa shape index (κ2) is 18.5. The molecule has 5 heteroatoms. The van der Waals surface area contributed by atoms with Gasteiger partial charge < -0.3 is 9.84 Å². The molecule has 0 amide bonds. The lowest BCUT2D eigenvalue weighted by molar-refractivity contribution is -0.276. The van der Waals surface area contributed by atoms with Crippen LogP contribution in [0.4, 0.5) is 0 Å².